The molecule has 1 atom stereocenters. The van der Waals surface area contributed by atoms with Crippen molar-refractivity contribution >= 4 is 5.78 Å². The molecule has 98 valence electrons. The highest BCUT2D eigenvalue weighted by molar-refractivity contribution is 6.02. The van der Waals surface area contributed by atoms with Crippen molar-refractivity contribution in [3.63, 3.8) is 0 Å². The third-order valence-corrected chi connectivity index (χ3v) is 3.14. The van der Waals surface area contributed by atoms with E-state index < -0.39 is 12.2 Å². The summed E-state index contributed by atoms with van der Waals surface area (Å²) in [5.74, 6) is -0.844. The topological polar surface area (TPSA) is 35.5 Å². The molecule has 3 nitrogen and oxygen atoms in total. The quantitative estimate of drug-likeness (QED) is 0.755. The van der Waals surface area contributed by atoms with Gasteiger partial charge in [0.05, 0.1) is 5.92 Å². The molecule has 0 spiro atoms. The predicted octanol–water partition coefficient (Wildman–Crippen LogP) is 2.58. The van der Waals surface area contributed by atoms with Crippen molar-refractivity contribution in [1.29, 1.82) is 0 Å². The maximum absolute atomic E-state index is 13.6. The highest BCUT2D eigenvalue weighted by atomic mass is 19.1. The van der Waals surface area contributed by atoms with E-state index in [1.165, 1.54) is 6.07 Å². The maximum Gasteiger partial charge on any atom is 0.171 e. The number of halogens is 1. The number of benzene rings is 1. The fourth-order valence-electron chi connectivity index (χ4n) is 2.34. The van der Waals surface area contributed by atoms with Gasteiger partial charge in [-0.05, 0) is 31.9 Å². The standard InChI is InChI=1S/C14H17FO3/c1-3-17-14(18-4-2)11-8-10-9(13(11)16)6-5-7-12(10)15/h5-7,11,14H,3-4,8H2,1-2H3. The van der Waals surface area contributed by atoms with E-state index >= 15 is 0 Å². The second kappa shape index (κ2) is 5.59. The molecule has 0 bridgehead atoms. The number of carbonyl (C=O) groups is 1. The summed E-state index contributed by atoms with van der Waals surface area (Å²) in [6.07, 6.45) is -0.231. The molecule has 0 amide bonds. The molecule has 1 aliphatic rings. The molecule has 0 radical (unpaired) electrons. The van der Waals surface area contributed by atoms with Gasteiger partial charge >= 0.3 is 0 Å². The van der Waals surface area contributed by atoms with Gasteiger partial charge < -0.3 is 9.47 Å². The van der Waals surface area contributed by atoms with Crippen molar-refractivity contribution in [1.82, 2.24) is 0 Å². The number of rotatable bonds is 5. The average molecular weight is 252 g/mol. The molecule has 1 unspecified atom stereocenters. The van der Waals surface area contributed by atoms with E-state index in [1.807, 2.05) is 13.8 Å². The van der Waals surface area contributed by atoms with Crippen molar-refractivity contribution in [2.45, 2.75) is 26.6 Å². The van der Waals surface area contributed by atoms with Crippen molar-refractivity contribution in [3.05, 3.63) is 35.1 Å². The molecule has 0 saturated heterocycles. The van der Waals surface area contributed by atoms with Crippen LogP contribution in [0.1, 0.15) is 29.8 Å². The van der Waals surface area contributed by atoms with E-state index in [9.17, 15) is 9.18 Å². The summed E-state index contributed by atoms with van der Waals surface area (Å²) >= 11 is 0. The molecule has 1 aromatic rings. The van der Waals surface area contributed by atoms with Gasteiger partial charge in [-0.2, -0.15) is 0 Å². The zero-order valence-electron chi connectivity index (χ0n) is 10.6. The zero-order valence-corrected chi connectivity index (χ0v) is 10.6. The number of ketones is 1. The Hall–Kier alpha value is -1.26. The number of fused-ring (bicyclic) bond motifs is 1. The highest BCUT2D eigenvalue weighted by Crippen LogP contribution is 2.32. The van der Waals surface area contributed by atoms with Crippen LogP contribution in [0.4, 0.5) is 4.39 Å². The average Bonchev–Trinajstić information content (AvgIpc) is 2.69. The summed E-state index contributed by atoms with van der Waals surface area (Å²) in [6.45, 7) is 4.62. The van der Waals surface area contributed by atoms with Crippen LogP contribution in [0.3, 0.4) is 0 Å². The molecule has 2 rings (SSSR count). The van der Waals surface area contributed by atoms with Crippen LogP contribution in [0.5, 0.6) is 0 Å². The number of hydrogen-bond donors (Lipinski definition) is 0. The second-order valence-corrected chi connectivity index (χ2v) is 4.22. The van der Waals surface area contributed by atoms with Gasteiger partial charge in [-0.15, -0.1) is 0 Å². The Balaban J connectivity index is 2.24. The van der Waals surface area contributed by atoms with Crippen molar-refractivity contribution in [3.8, 4) is 0 Å². The fourth-order valence-corrected chi connectivity index (χ4v) is 2.34. The first kappa shape index (κ1) is 13.2. The predicted molar refractivity (Wildman–Crippen MR) is 65.0 cm³/mol. The van der Waals surface area contributed by atoms with Crippen molar-refractivity contribution < 1.29 is 18.7 Å². The minimum absolute atomic E-state index is 0.0867. The normalized spacial score (nSPS) is 18.4. The Morgan fingerprint density at radius 2 is 2.00 bits per heavy atom. The van der Waals surface area contributed by atoms with E-state index in [0.29, 0.717) is 30.8 Å². The van der Waals surface area contributed by atoms with Crippen LogP contribution in [0, 0.1) is 11.7 Å². The van der Waals surface area contributed by atoms with Crippen LogP contribution in [-0.4, -0.2) is 25.3 Å². The van der Waals surface area contributed by atoms with E-state index in [2.05, 4.69) is 0 Å². The van der Waals surface area contributed by atoms with Gasteiger partial charge in [0.15, 0.2) is 12.1 Å². The summed E-state index contributed by atoms with van der Waals surface area (Å²) in [7, 11) is 0. The Labute approximate surface area is 106 Å². The lowest BCUT2D eigenvalue weighted by molar-refractivity contribution is -0.156. The molecule has 1 aliphatic carbocycles. The molecule has 1 aromatic carbocycles. The van der Waals surface area contributed by atoms with Gasteiger partial charge in [-0.25, -0.2) is 4.39 Å². The molecular formula is C14H17FO3. The molecule has 0 heterocycles. The van der Waals surface area contributed by atoms with E-state index in [-0.39, 0.29) is 11.6 Å². The van der Waals surface area contributed by atoms with Gasteiger partial charge in [0.2, 0.25) is 0 Å². The van der Waals surface area contributed by atoms with Crippen molar-refractivity contribution in [2.75, 3.05) is 13.2 Å². The van der Waals surface area contributed by atoms with Crippen LogP contribution < -0.4 is 0 Å². The number of hydrogen-bond acceptors (Lipinski definition) is 3. The summed E-state index contributed by atoms with van der Waals surface area (Å²) in [6, 6.07) is 4.60. The molecule has 0 saturated carbocycles. The van der Waals surface area contributed by atoms with Gasteiger partial charge in [-0.1, -0.05) is 12.1 Å². The summed E-state index contributed by atoms with van der Waals surface area (Å²) < 4.78 is 24.5. The van der Waals surface area contributed by atoms with Crippen LogP contribution in [0.15, 0.2) is 18.2 Å². The van der Waals surface area contributed by atoms with Gasteiger partial charge in [0, 0.05) is 18.8 Å². The van der Waals surface area contributed by atoms with E-state index in [0.717, 1.165) is 0 Å². The number of Topliss-reactive ketones (excluding diaryl/α,β-unsaturated/α-hetero) is 1. The first-order valence-electron chi connectivity index (χ1n) is 6.23. The molecule has 0 aliphatic heterocycles. The van der Waals surface area contributed by atoms with E-state index in [1.54, 1.807) is 12.1 Å². The van der Waals surface area contributed by atoms with Crippen LogP contribution in [0.25, 0.3) is 0 Å². The Morgan fingerprint density at radius 1 is 1.33 bits per heavy atom. The summed E-state index contributed by atoms with van der Waals surface area (Å²) in [5, 5.41) is 0. The van der Waals surface area contributed by atoms with E-state index in [4.69, 9.17) is 9.47 Å². The van der Waals surface area contributed by atoms with Gasteiger partial charge in [0.1, 0.15) is 5.82 Å². The number of carbonyl (C=O) groups excluding carboxylic acids is 1. The minimum atomic E-state index is -0.584. The molecule has 0 N–H and O–H groups in total. The lowest BCUT2D eigenvalue weighted by Gasteiger charge is -2.21. The summed E-state index contributed by atoms with van der Waals surface area (Å²) in [4.78, 5) is 12.2. The first-order chi connectivity index (χ1) is 8.69. The lowest BCUT2D eigenvalue weighted by Crippen LogP contribution is -2.31. The van der Waals surface area contributed by atoms with Crippen LogP contribution in [-0.2, 0) is 15.9 Å². The number of ether oxygens (including phenoxy) is 2. The lowest BCUT2D eigenvalue weighted by atomic mass is 10.0. The van der Waals surface area contributed by atoms with Gasteiger partial charge in [-0.3, -0.25) is 4.79 Å². The van der Waals surface area contributed by atoms with Crippen LogP contribution >= 0.6 is 0 Å². The molecule has 0 fully saturated rings. The van der Waals surface area contributed by atoms with Crippen molar-refractivity contribution in [2.24, 2.45) is 5.92 Å². The largest absolute Gasteiger partial charge is 0.352 e. The Bertz CT molecular complexity index is 439. The zero-order chi connectivity index (χ0) is 13.1. The smallest absolute Gasteiger partial charge is 0.171 e. The molecular weight excluding hydrogens is 235 g/mol. The second-order valence-electron chi connectivity index (χ2n) is 4.22. The fraction of sp³-hybridized carbons (Fsp3) is 0.500. The summed E-state index contributed by atoms with van der Waals surface area (Å²) in [5.41, 5.74) is 0.946. The molecule has 18 heavy (non-hydrogen) atoms. The maximum atomic E-state index is 13.6. The third-order valence-electron chi connectivity index (χ3n) is 3.14. The Morgan fingerprint density at radius 3 is 2.56 bits per heavy atom. The highest BCUT2D eigenvalue weighted by Gasteiger charge is 2.38. The minimum Gasteiger partial charge on any atom is -0.352 e. The Kier molecular flexibility index (Phi) is 4.09. The monoisotopic (exact) mass is 252 g/mol. The first-order valence-corrected chi connectivity index (χ1v) is 6.23. The van der Waals surface area contributed by atoms with Crippen LogP contribution in [0.2, 0.25) is 0 Å². The van der Waals surface area contributed by atoms with Gasteiger partial charge in [0.25, 0.3) is 0 Å². The molecule has 0 aromatic heterocycles. The molecule has 4 heteroatoms. The third kappa shape index (κ3) is 2.31. The SMILES string of the molecule is CCOC(OCC)C1Cc2c(F)cccc2C1=O.